The average Bonchev–Trinajstić information content (AvgIpc) is 3.17. The van der Waals surface area contributed by atoms with Crippen LogP contribution in [0.3, 0.4) is 0 Å². The predicted molar refractivity (Wildman–Crippen MR) is 114 cm³/mol. The zero-order chi connectivity index (χ0) is 23.2. The molecule has 1 amide bonds. The lowest BCUT2D eigenvalue weighted by molar-refractivity contribution is -0.144. The van der Waals surface area contributed by atoms with E-state index in [1.807, 2.05) is 6.92 Å². The van der Waals surface area contributed by atoms with Crippen molar-refractivity contribution in [3.63, 3.8) is 0 Å². The van der Waals surface area contributed by atoms with Gasteiger partial charge in [0.15, 0.2) is 0 Å². The van der Waals surface area contributed by atoms with Crippen molar-refractivity contribution in [1.29, 1.82) is 0 Å². The van der Waals surface area contributed by atoms with Gasteiger partial charge in [-0.2, -0.15) is 4.31 Å². The first-order valence-electron chi connectivity index (χ1n) is 10.4. The number of unbranched alkanes of at least 4 members (excludes halogenated alkanes) is 1. The van der Waals surface area contributed by atoms with E-state index in [0.717, 1.165) is 17.1 Å². The highest BCUT2D eigenvalue weighted by molar-refractivity contribution is 7.89. The molecule has 0 aromatic heterocycles. The third kappa shape index (κ3) is 6.18. The first-order chi connectivity index (χ1) is 14.6. The van der Waals surface area contributed by atoms with Gasteiger partial charge in [0.25, 0.3) is 0 Å². The fourth-order valence-corrected chi connectivity index (χ4v) is 4.93. The van der Waals surface area contributed by atoms with Gasteiger partial charge in [0.2, 0.25) is 15.9 Å². The number of carbonyl (C=O) groups excluding carboxylic acids is 2. The number of ether oxygens (including phenoxy) is 2. The second kappa shape index (κ2) is 10.9. The van der Waals surface area contributed by atoms with E-state index in [4.69, 9.17) is 9.47 Å². The number of hydrogen-bond donors (Lipinski definition) is 2. The molecule has 0 unspecified atom stereocenters. The minimum Gasteiger partial charge on any atom is -0.494 e. The maximum absolute atomic E-state index is 13.2. The lowest BCUT2D eigenvalue weighted by Crippen LogP contribution is -2.45. The Hall–Kier alpha value is -2.17. The van der Waals surface area contributed by atoms with Crippen molar-refractivity contribution in [2.24, 2.45) is 5.92 Å². The quantitative estimate of drug-likeness (QED) is 0.402. The van der Waals surface area contributed by atoms with Crippen LogP contribution in [0.25, 0.3) is 0 Å². The third-order valence-electron chi connectivity index (χ3n) is 5.17. The molecule has 2 rings (SSSR count). The van der Waals surface area contributed by atoms with E-state index in [9.17, 15) is 23.1 Å². The van der Waals surface area contributed by atoms with Crippen LogP contribution in [-0.2, 0) is 24.3 Å². The van der Waals surface area contributed by atoms with Crippen molar-refractivity contribution in [3.05, 3.63) is 24.3 Å². The summed E-state index contributed by atoms with van der Waals surface area (Å²) in [5.41, 5.74) is 0. The van der Waals surface area contributed by atoms with Gasteiger partial charge in [-0.3, -0.25) is 9.59 Å². The highest BCUT2D eigenvalue weighted by atomic mass is 32.2. The number of carbonyl (C=O) groups is 2. The van der Waals surface area contributed by atoms with Crippen molar-refractivity contribution in [3.8, 4) is 5.75 Å². The molecule has 1 heterocycles. The number of methoxy groups -OCH3 is 1. The summed E-state index contributed by atoms with van der Waals surface area (Å²) in [4.78, 5) is 24.5. The summed E-state index contributed by atoms with van der Waals surface area (Å²) in [5.74, 6) is -1.04. The topological polar surface area (TPSA) is 122 Å². The second-order valence-corrected chi connectivity index (χ2v) is 9.81. The maximum atomic E-state index is 13.2. The SMILES string of the molecule is CCCCOc1ccc(S(=O)(=O)N2C[C@@H](NC(=O)[C@@H](O)C(C)C)C[C@@H]2C(=O)OC)cc1. The number of nitrogens with one attached hydrogen (secondary N) is 1. The first-order valence-corrected chi connectivity index (χ1v) is 11.9. The second-order valence-electron chi connectivity index (χ2n) is 7.92. The number of benzene rings is 1. The Morgan fingerprint density at radius 2 is 1.90 bits per heavy atom. The molecule has 1 aliphatic rings. The summed E-state index contributed by atoms with van der Waals surface area (Å²) >= 11 is 0. The summed E-state index contributed by atoms with van der Waals surface area (Å²) in [5, 5.41) is 12.6. The molecule has 31 heavy (non-hydrogen) atoms. The van der Waals surface area contributed by atoms with Crippen molar-refractivity contribution < 1.29 is 32.6 Å². The Bertz CT molecular complexity index is 855. The van der Waals surface area contributed by atoms with Gasteiger partial charge in [-0.05, 0) is 43.0 Å². The zero-order valence-corrected chi connectivity index (χ0v) is 19.2. The Kier molecular flexibility index (Phi) is 8.84. The highest BCUT2D eigenvalue weighted by Crippen LogP contribution is 2.28. The molecule has 1 saturated heterocycles. The van der Waals surface area contributed by atoms with Gasteiger partial charge < -0.3 is 19.9 Å². The number of rotatable bonds is 10. The molecule has 174 valence electrons. The van der Waals surface area contributed by atoms with E-state index in [-0.39, 0.29) is 23.8 Å². The third-order valence-corrected chi connectivity index (χ3v) is 7.06. The molecule has 1 aromatic rings. The Morgan fingerprint density at radius 3 is 2.45 bits per heavy atom. The maximum Gasteiger partial charge on any atom is 0.324 e. The summed E-state index contributed by atoms with van der Waals surface area (Å²) in [6.45, 7) is 5.88. The fourth-order valence-electron chi connectivity index (χ4n) is 3.29. The largest absolute Gasteiger partial charge is 0.494 e. The normalized spacial score (nSPS) is 20.5. The Morgan fingerprint density at radius 1 is 1.26 bits per heavy atom. The van der Waals surface area contributed by atoms with Gasteiger partial charge >= 0.3 is 5.97 Å². The number of hydrogen-bond acceptors (Lipinski definition) is 7. The molecular formula is C21H32N2O7S. The van der Waals surface area contributed by atoms with Crippen molar-refractivity contribution in [2.75, 3.05) is 20.3 Å². The summed E-state index contributed by atoms with van der Waals surface area (Å²) < 4.78 is 37.8. The van der Waals surface area contributed by atoms with Crippen LogP contribution in [0.4, 0.5) is 0 Å². The number of sulfonamides is 1. The molecule has 1 fully saturated rings. The summed E-state index contributed by atoms with van der Waals surface area (Å²) in [7, 11) is -2.84. The van der Waals surface area contributed by atoms with E-state index < -0.39 is 40.1 Å². The van der Waals surface area contributed by atoms with Crippen LogP contribution < -0.4 is 10.1 Å². The Labute approximate surface area is 183 Å². The van der Waals surface area contributed by atoms with Crippen LogP contribution in [0.2, 0.25) is 0 Å². The van der Waals surface area contributed by atoms with Gasteiger partial charge in [-0.25, -0.2) is 8.42 Å². The van der Waals surface area contributed by atoms with Crippen molar-refractivity contribution >= 4 is 21.9 Å². The van der Waals surface area contributed by atoms with Crippen LogP contribution in [-0.4, -0.2) is 68.2 Å². The lowest BCUT2D eigenvalue weighted by atomic mass is 10.1. The monoisotopic (exact) mass is 456 g/mol. The Balaban J connectivity index is 2.19. The molecule has 0 bridgehead atoms. The van der Waals surface area contributed by atoms with Gasteiger partial charge in [-0.1, -0.05) is 27.2 Å². The molecule has 1 aromatic carbocycles. The molecule has 0 radical (unpaired) electrons. The number of aliphatic hydroxyl groups excluding tert-OH is 1. The zero-order valence-electron chi connectivity index (χ0n) is 18.4. The molecule has 0 spiro atoms. The molecular weight excluding hydrogens is 424 g/mol. The van der Waals surface area contributed by atoms with Crippen LogP contribution in [0.1, 0.15) is 40.0 Å². The lowest BCUT2D eigenvalue weighted by Gasteiger charge is -2.22. The molecule has 9 nitrogen and oxygen atoms in total. The minimum absolute atomic E-state index is 0.0124. The van der Waals surface area contributed by atoms with Crippen LogP contribution in [0, 0.1) is 5.92 Å². The minimum atomic E-state index is -4.03. The van der Waals surface area contributed by atoms with Gasteiger partial charge in [-0.15, -0.1) is 0 Å². The van der Waals surface area contributed by atoms with Crippen LogP contribution >= 0.6 is 0 Å². The summed E-state index contributed by atoms with van der Waals surface area (Å²) in [6, 6.07) is 4.31. The first kappa shape index (κ1) is 25.1. The van der Waals surface area contributed by atoms with Crippen molar-refractivity contribution in [2.45, 2.75) is 63.1 Å². The average molecular weight is 457 g/mol. The predicted octanol–water partition coefficient (Wildman–Crippen LogP) is 1.30. The molecule has 0 aliphatic carbocycles. The standard InChI is InChI=1S/C21H32N2O7S/c1-5-6-11-30-16-7-9-17(10-8-16)31(27,28)23-13-15(12-18(23)21(26)29-4)22-20(25)19(24)14(2)3/h7-10,14-15,18-19,24H,5-6,11-13H2,1-4H3,(H,22,25)/t15-,18+,19-/m0/s1. The van der Waals surface area contributed by atoms with E-state index >= 15 is 0 Å². The van der Waals surface area contributed by atoms with E-state index in [1.165, 1.54) is 19.2 Å². The molecule has 2 N–H and O–H groups in total. The molecule has 3 atom stereocenters. The van der Waals surface area contributed by atoms with E-state index in [2.05, 4.69) is 5.32 Å². The number of amides is 1. The van der Waals surface area contributed by atoms with Gasteiger partial charge in [0.05, 0.1) is 18.6 Å². The van der Waals surface area contributed by atoms with Crippen molar-refractivity contribution in [1.82, 2.24) is 9.62 Å². The van der Waals surface area contributed by atoms with E-state index in [1.54, 1.807) is 26.0 Å². The number of nitrogens with zero attached hydrogens (tertiary/aromatic N) is 1. The fraction of sp³-hybridized carbons (Fsp3) is 0.619. The number of aliphatic hydroxyl groups is 1. The number of esters is 1. The summed E-state index contributed by atoms with van der Waals surface area (Å²) in [6.07, 6.45) is 0.721. The van der Waals surface area contributed by atoms with E-state index in [0.29, 0.717) is 12.4 Å². The van der Waals surface area contributed by atoms with Gasteiger partial charge in [0.1, 0.15) is 17.9 Å². The highest BCUT2D eigenvalue weighted by Gasteiger charge is 2.45. The smallest absolute Gasteiger partial charge is 0.324 e. The van der Waals surface area contributed by atoms with Gasteiger partial charge in [0, 0.05) is 12.6 Å². The van der Waals surface area contributed by atoms with Crippen LogP contribution in [0.15, 0.2) is 29.2 Å². The molecule has 1 aliphatic heterocycles. The molecule has 10 heteroatoms. The van der Waals surface area contributed by atoms with Crippen LogP contribution in [0.5, 0.6) is 5.75 Å². The molecule has 0 saturated carbocycles.